The molecule has 1 amide bonds. The van der Waals surface area contributed by atoms with Crippen LogP contribution in [-0.2, 0) is 11.3 Å². The van der Waals surface area contributed by atoms with Crippen molar-refractivity contribution in [2.45, 2.75) is 32.9 Å². The molecule has 0 saturated carbocycles. The number of amides is 1. The summed E-state index contributed by atoms with van der Waals surface area (Å²) in [6.45, 7) is 3.55. The number of para-hydroxylation sites is 1. The molecule has 0 N–H and O–H groups in total. The lowest BCUT2D eigenvalue weighted by atomic mass is 10.2. The van der Waals surface area contributed by atoms with Gasteiger partial charge in [-0.2, -0.15) is 0 Å². The number of anilines is 1. The minimum Gasteiger partial charge on any atom is -0.314 e. The third-order valence-corrected chi connectivity index (χ3v) is 5.21. The van der Waals surface area contributed by atoms with E-state index in [1.807, 2.05) is 13.8 Å². The molecule has 0 fully saturated rings. The molecule has 1 aromatic heterocycles. The van der Waals surface area contributed by atoms with Crippen LogP contribution in [0.5, 0.6) is 0 Å². The van der Waals surface area contributed by atoms with E-state index in [0.29, 0.717) is 28.0 Å². The maximum atomic E-state index is 13.1. The highest BCUT2D eigenvalue weighted by atomic mass is 35.5. The van der Waals surface area contributed by atoms with Gasteiger partial charge in [0.25, 0.3) is 5.56 Å². The minimum absolute atomic E-state index is 0.181. The largest absolute Gasteiger partial charge is 0.332 e. The van der Waals surface area contributed by atoms with E-state index in [1.54, 1.807) is 55.6 Å². The average molecular weight is 400 g/mol. The molecule has 0 bridgehead atoms. The van der Waals surface area contributed by atoms with Crippen LogP contribution in [-0.4, -0.2) is 22.1 Å². The third kappa shape index (κ3) is 3.60. The molecule has 146 valence electrons. The molecule has 1 heterocycles. The van der Waals surface area contributed by atoms with Crippen molar-refractivity contribution in [1.82, 2.24) is 9.13 Å². The molecule has 0 aliphatic rings. The van der Waals surface area contributed by atoms with Gasteiger partial charge in [0.15, 0.2) is 0 Å². The van der Waals surface area contributed by atoms with Crippen molar-refractivity contribution in [1.29, 1.82) is 0 Å². The molecule has 0 aliphatic heterocycles. The summed E-state index contributed by atoms with van der Waals surface area (Å²) in [5.74, 6) is -0.288. The number of halogens is 1. The first kappa shape index (κ1) is 19.9. The van der Waals surface area contributed by atoms with Crippen LogP contribution in [0.4, 0.5) is 5.69 Å². The Hall–Kier alpha value is -2.86. The van der Waals surface area contributed by atoms with E-state index >= 15 is 0 Å². The van der Waals surface area contributed by atoms with Crippen LogP contribution in [0.15, 0.2) is 58.1 Å². The summed E-state index contributed by atoms with van der Waals surface area (Å²) in [4.78, 5) is 40.2. The van der Waals surface area contributed by atoms with E-state index in [9.17, 15) is 14.4 Å². The first-order valence-electron chi connectivity index (χ1n) is 9.11. The Morgan fingerprint density at radius 1 is 1.14 bits per heavy atom. The first-order valence-corrected chi connectivity index (χ1v) is 9.49. The number of rotatable bonds is 5. The van der Waals surface area contributed by atoms with Gasteiger partial charge in [-0.25, -0.2) is 4.79 Å². The summed E-state index contributed by atoms with van der Waals surface area (Å²) in [5.41, 5.74) is 0.266. The summed E-state index contributed by atoms with van der Waals surface area (Å²) in [6, 6.07) is 13.5. The van der Waals surface area contributed by atoms with E-state index in [2.05, 4.69) is 0 Å². The molecule has 0 saturated heterocycles. The summed E-state index contributed by atoms with van der Waals surface area (Å²) in [7, 11) is 1.63. The normalized spacial score (nSPS) is 12.1. The molecule has 7 heteroatoms. The molecule has 3 rings (SSSR count). The lowest BCUT2D eigenvalue weighted by Crippen LogP contribution is -2.44. The molecule has 3 aromatic rings. The van der Waals surface area contributed by atoms with Crippen molar-refractivity contribution in [2.24, 2.45) is 0 Å². The van der Waals surface area contributed by atoms with Crippen LogP contribution in [0.3, 0.4) is 0 Å². The monoisotopic (exact) mass is 399 g/mol. The molecule has 6 nitrogen and oxygen atoms in total. The predicted molar refractivity (Wildman–Crippen MR) is 112 cm³/mol. The zero-order valence-corrected chi connectivity index (χ0v) is 16.8. The molecule has 0 spiro atoms. The molecule has 0 radical (unpaired) electrons. The fourth-order valence-electron chi connectivity index (χ4n) is 3.13. The van der Waals surface area contributed by atoms with Crippen molar-refractivity contribution in [2.75, 3.05) is 11.9 Å². The van der Waals surface area contributed by atoms with E-state index in [1.165, 1.54) is 14.0 Å². The molecule has 0 unspecified atom stereocenters. The van der Waals surface area contributed by atoms with Crippen LogP contribution in [0.1, 0.15) is 26.3 Å². The van der Waals surface area contributed by atoms with E-state index in [0.717, 1.165) is 0 Å². The Morgan fingerprint density at radius 3 is 2.54 bits per heavy atom. The summed E-state index contributed by atoms with van der Waals surface area (Å²) in [5, 5.41) is 0.936. The zero-order valence-electron chi connectivity index (χ0n) is 16.1. The van der Waals surface area contributed by atoms with Crippen LogP contribution in [0.25, 0.3) is 10.9 Å². The van der Waals surface area contributed by atoms with Gasteiger partial charge in [0, 0.05) is 23.8 Å². The number of hydrogen-bond acceptors (Lipinski definition) is 3. The standard InChI is InChI=1S/C21H22ClN3O3/c1-4-14(2)25-20(27)17-10-5-6-11-18(17)24(21(25)28)13-19(26)23(3)16-9-7-8-15(22)12-16/h5-12,14H,4,13H2,1-3H3/t14-/m0/s1. The number of hydrogen-bond donors (Lipinski definition) is 0. The van der Waals surface area contributed by atoms with Crippen LogP contribution >= 0.6 is 11.6 Å². The van der Waals surface area contributed by atoms with Crippen molar-refractivity contribution in [3.63, 3.8) is 0 Å². The summed E-state index contributed by atoms with van der Waals surface area (Å²) < 4.78 is 2.60. The van der Waals surface area contributed by atoms with Gasteiger partial charge in [-0.1, -0.05) is 36.7 Å². The second-order valence-electron chi connectivity index (χ2n) is 6.75. The fraction of sp³-hybridized carbons (Fsp3) is 0.286. The van der Waals surface area contributed by atoms with E-state index < -0.39 is 5.69 Å². The van der Waals surface area contributed by atoms with Gasteiger partial charge >= 0.3 is 5.69 Å². The Labute approximate surface area is 167 Å². The van der Waals surface area contributed by atoms with Crippen molar-refractivity contribution >= 4 is 34.1 Å². The Kier molecular flexibility index (Phi) is 5.70. The van der Waals surface area contributed by atoms with Crippen LogP contribution in [0, 0.1) is 0 Å². The zero-order chi connectivity index (χ0) is 20.4. The topological polar surface area (TPSA) is 64.3 Å². The third-order valence-electron chi connectivity index (χ3n) is 4.98. The van der Waals surface area contributed by atoms with Gasteiger partial charge in [0.05, 0.1) is 10.9 Å². The smallest absolute Gasteiger partial charge is 0.314 e. The van der Waals surface area contributed by atoms with Crippen molar-refractivity contribution < 1.29 is 4.79 Å². The predicted octanol–water partition coefficient (Wildman–Crippen LogP) is 3.45. The number of carbonyl (C=O) groups is 1. The second kappa shape index (κ2) is 8.02. The number of likely N-dealkylation sites (N-methyl/N-ethyl adjacent to an activating group) is 1. The Morgan fingerprint density at radius 2 is 1.86 bits per heavy atom. The number of aromatic nitrogens is 2. The maximum absolute atomic E-state index is 13.1. The molecular weight excluding hydrogens is 378 g/mol. The van der Waals surface area contributed by atoms with Gasteiger partial charge in [-0.3, -0.25) is 18.7 Å². The molecule has 2 aromatic carbocycles. The number of benzene rings is 2. The average Bonchev–Trinajstić information content (AvgIpc) is 2.70. The van der Waals surface area contributed by atoms with Crippen LogP contribution < -0.4 is 16.1 Å². The first-order chi connectivity index (χ1) is 13.3. The SMILES string of the molecule is CC[C@H](C)n1c(=O)c2ccccc2n(CC(=O)N(C)c2cccc(Cl)c2)c1=O. The fourth-order valence-corrected chi connectivity index (χ4v) is 3.32. The number of fused-ring (bicyclic) bond motifs is 1. The van der Waals surface area contributed by atoms with Gasteiger partial charge in [0.2, 0.25) is 5.91 Å². The summed E-state index contributed by atoms with van der Waals surface area (Å²) >= 11 is 6.01. The van der Waals surface area contributed by atoms with Crippen molar-refractivity contribution in [3.05, 3.63) is 74.4 Å². The molecular formula is C21H22ClN3O3. The van der Waals surface area contributed by atoms with Gasteiger partial charge in [-0.15, -0.1) is 0 Å². The number of nitrogens with zero attached hydrogens (tertiary/aromatic N) is 3. The van der Waals surface area contributed by atoms with Crippen LogP contribution in [0.2, 0.25) is 5.02 Å². The van der Waals surface area contributed by atoms with E-state index in [4.69, 9.17) is 11.6 Å². The van der Waals surface area contributed by atoms with Gasteiger partial charge < -0.3 is 4.90 Å². The van der Waals surface area contributed by atoms with E-state index in [-0.39, 0.29) is 24.1 Å². The Balaban J connectivity index is 2.11. The Bertz CT molecular complexity index is 1150. The highest BCUT2D eigenvalue weighted by Crippen LogP contribution is 2.19. The van der Waals surface area contributed by atoms with Gasteiger partial charge in [0.1, 0.15) is 6.54 Å². The molecule has 1 atom stereocenters. The maximum Gasteiger partial charge on any atom is 0.332 e. The highest BCUT2D eigenvalue weighted by molar-refractivity contribution is 6.30. The second-order valence-corrected chi connectivity index (χ2v) is 7.19. The highest BCUT2D eigenvalue weighted by Gasteiger charge is 2.19. The molecule has 28 heavy (non-hydrogen) atoms. The number of carbonyl (C=O) groups excluding carboxylic acids is 1. The lowest BCUT2D eigenvalue weighted by Gasteiger charge is -2.21. The van der Waals surface area contributed by atoms with Gasteiger partial charge in [-0.05, 0) is 43.7 Å². The summed E-state index contributed by atoms with van der Waals surface area (Å²) in [6.07, 6.45) is 0.629. The lowest BCUT2D eigenvalue weighted by molar-refractivity contribution is -0.118. The van der Waals surface area contributed by atoms with Crippen molar-refractivity contribution in [3.8, 4) is 0 Å². The molecule has 0 aliphatic carbocycles. The quantitative estimate of drug-likeness (QED) is 0.660. The minimum atomic E-state index is -0.481.